The minimum Gasteiger partial charge on any atom is -0.489 e. The fraction of sp³-hybridized carbons (Fsp3) is 0.0769. The highest BCUT2D eigenvalue weighted by Gasteiger charge is 2.12. The number of benzene rings is 2. The van der Waals surface area contributed by atoms with E-state index in [1.54, 1.807) is 6.07 Å². The van der Waals surface area contributed by atoms with Gasteiger partial charge in [-0.2, -0.15) is 0 Å². The van der Waals surface area contributed by atoms with E-state index in [2.05, 4.69) is 15.9 Å². The van der Waals surface area contributed by atoms with Crippen molar-refractivity contribution >= 4 is 33.2 Å². The number of hydrogen-bond acceptors (Lipinski definition) is 3. The molecule has 4 nitrogen and oxygen atoms in total. The van der Waals surface area contributed by atoms with E-state index < -0.39 is 4.92 Å². The first-order chi connectivity index (χ1) is 9.45. The minimum atomic E-state index is -0.574. The summed E-state index contributed by atoms with van der Waals surface area (Å²) in [6, 6.07) is 8.46. The fourth-order valence-electron chi connectivity index (χ4n) is 1.59. The number of nitrogens with zero attached hydrogens (tertiary/aromatic N) is 1. The van der Waals surface area contributed by atoms with E-state index in [-0.39, 0.29) is 23.1 Å². The van der Waals surface area contributed by atoms with Gasteiger partial charge in [0, 0.05) is 16.6 Å². The van der Waals surface area contributed by atoms with Crippen LogP contribution in [-0.4, -0.2) is 4.92 Å². The van der Waals surface area contributed by atoms with Gasteiger partial charge in [0.05, 0.1) is 4.92 Å². The van der Waals surface area contributed by atoms with Crippen LogP contribution in [0.15, 0.2) is 40.9 Å². The lowest BCUT2D eigenvalue weighted by molar-refractivity contribution is -0.384. The molecule has 0 radical (unpaired) electrons. The Labute approximate surface area is 127 Å². The van der Waals surface area contributed by atoms with Gasteiger partial charge in [-0.05, 0) is 29.8 Å². The summed E-state index contributed by atoms with van der Waals surface area (Å²) in [6.45, 7) is 0.129. The van der Waals surface area contributed by atoms with Crippen LogP contribution >= 0.6 is 27.5 Å². The van der Waals surface area contributed by atoms with Crippen molar-refractivity contribution in [1.29, 1.82) is 0 Å². The van der Waals surface area contributed by atoms with Crippen LogP contribution in [0, 0.1) is 15.9 Å². The number of hydrogen-bond donors (Lipinski definition) is 0. The van der Waals surface area contributed by atoms with Gasteiger partial charge in [-0.25, -0.2) is 4.39 Å². The van der Waals surface area contributed by atoms with E-state index in [1.165, 1.54) is 30.3 Å². The molecule has 7 heteroatoms. The first-order valence-corrected chi connectivity index (χ1v) is 6.64. The van der Waals surface area contributed by atoms with Gasteiger partial charge in [-0.15, -0.1) is 0 Å². The lowest BCUT2D eigenvalue weighted by atomic mass is 10.2. The Bertz CT molecular complexity index is 646. The molecule has 0 unspecified atom stereocenters. The Kier molecular flexibility index (Phi) is 4.57. The summed E-state index contributed by atoms with van der Waals surface area (Å²) in [5, 5.41) is 10.6. The number of nitro benzene ring substituents is 1. The van der Waals surface area contributed by atoms with E-state index in [1.807, 2.05) is 0 Å². The van der Waals surface area contributed by atoms with Crippen LogP contribution in [-0.2, 0) is 6.61 Å². The van der Waals surface area contributed by atoms with Crippen molar-refractivity contribution in [1.82, 2.24) is 0 Å². The SMILES string of the molecule is O=[N+]([O-])c1ccc(OCc2cc(F)cc(Br)c2)cc1Cl. The highest BCUT2D eigenvalue weighted by molar-refractivity contribution is 9.10. The maximum Gasteiger partial charge on any atom is 0.288 e. The van der Waals surface area contributed by atoms with Gasteiger partial charge >= 0.3 is 0 Å². The zero-order valence-electron chi connectivity index (χ0n) is 9.98. The van der Waals surface area contributed by atoms with Crippen LogP contribution in [0.3, 0.4) is 0 Å². The van der Waals surface area contributed by atoms with Gasteiger partial charge in [0.2, 0.25) is 0 Å². The minimum absolute atomic E-state index is 0.00655. The summed E-state index contributed by atoms with van der Waals surface area (Å²) in [5.41, 5.74) is 0.443. The second kappa shape index (κ2) is 6.19. The average Bonchev–Trinajstić information content (AvgIpc) is 2.35. The fourth-order valence-corrected chi connectivity index (χ4v) is 2.34. The third-order valence-electron chi connectivity index (χ3n) is 2.44. The summed E-state index contributed by atoms with van der Waals surface area (Å²) in [6.07, 6.45) is 0. The van der Waals surface area contributed by atoms with Gasteiger partial charge in [-0.1, -0.05) is 27.5 Å². The Hall–Kier alpha value is -1.66. The topological polar surface area (TPSA) is 52.4 Å². The molecule has 0 amide bonds. The molecule has 2 rings (SSSR count). The highest BCUT2D eigenvalue weighted by Crippen LogP contribution is 2.28. The zero-order chi connectivity index (χ0) is 14.7. The summed E-state index contributed by atoms with van der Waals surface area (Å²) in [4.78, 5) is 10.0. The van der Waals surface area contributed by atoms with Crippen molar-refractivity contribution in [3.63, 3.8) is 0 Å². The molecule has 0 spiro atoms. The maximum absolute atomic E-state index is 13.2. The van der Waals surface area contributed by atoms with E-state index in [0.29, 0.717) is 15.8 Å². The predicted octanol–water partition coefficient (Wildman–Crippen LogP) is 4.73. The van der Waals surface area contributed by atoms with Gasteiger partial charge in [0.15, 0.2) is 0 Å². The highest BCUT2D eigenvalue weighted by atomic mass is 79.9. The average molecular weight is 361 g/mol. The van der Waals surface area contributed by atoms with Crippen molar-refractivity contribution < 1.29 is 14.1 Å². The first-order valence-electron chi connectivity index (χ1n) is 5.47. The molecular weight excluding hydrogens is 353 g/mol. The molecule has 0 aliphatic heterocycles. The molecule has 0 bridgehead atoms. The lowest BCUT2D eigenvalue weighted by Crippen LogP contribution is -1.97. The van der Waals surface area contributed by atoms with Gasteiger partial charge in [0.25, 0.3) is 5.69 Å². The third kappa shape index (κ3) is 3.68. The molecule has 0 aliphatic carbocycles. The van der Waals surface area contributed by atoms with Crippen LogP contribution in [0.4, 0.5) is 10.1 Å². The summed E-state index contributed by atoms with van der Waals surface area (Å²) >= 11 is 8.95. The Morgan fingerprint density at radius 1 is 1.30 bits per heavy atom. The predicted molar refractivity (Wildman–Crippen MR) is 76.5 cm³/mol. The maximum atomic E-state index is 13.2. The molecule has 2 aromatic carbocycles. The van der Waals surface area contributed by atoms with Gasteiger partial charge in [-0.3, -0.25) is 10.1 Å². The third-order valence-corrected chi connectivity index (χ3v) is 3.20. The summed E-state index contributed by atoms with van der Waals surface area (Å²) < 4.78 is 19.2. The van der Waals surface area contributed by atoms with Crippen LogP contribution in [0.1, 0.15) is 5.56 Å². The van der Waals surface area contributed by atoms with Crippen LogP contribution in [0.5, 0.6) is 5.75 Å². The quantitative estimate of drug-likeness (QED) is 0.585. The summed E-state index contributed by atoms with van der Waals surface area (Å²) in [7, 11) is 0. The molecule has 2 aromatic rings. The molecule has 0 aromatic heterocycles. The molecule has 0 saturated heterocycles. The van der Waals surface area contributed by atoms with Crippen LogP contribution in [0.2, 0.25) is 5.02 Å². The van der Waals surface area contributed by atoms with E-state index in [0.717, 1.165) is 0 Å². The van der Waals surface area contributed by atoms with Crippen molar-refractivity contribution in [2.75, 3.05) is 0 Å². The largest absolute Gasteiger partial charge is 0.489 e. The Balaban J connectivity index is 2.11. The lowest BCUT2D eigenvalue weighted by Gasteiger charge is -2.07. The molecule has 0 fully saturated rings. The second-order valence-electron chi connectivity index (χ2n) is 3.94. The normalized spacial score (nSPS) is 10.3. The smallest absolute Gasteiger partial charge is 0.288 e. The monoisotopic (exact) mass is 359 g/mol. The van der Waals surface area contributed by atoms with Crippen molar-refractivity contribution in [2.45, 2.75) is 6.61 Å². The van der Waals surface area contributed by atoms with Crippen molar-refractivity contribution in [3.05, 3.63) is 67.4 Å². The van der Waals surface area contributed by atoms with E-state index in [4.69, 9.17) is 16.3 Å². The molecule has 104 valence electrons. The van der Waals surface area contributed by atoms with Crippen LogP contribution in [0.25, 0.3) is 0 Å². The standard InChI is InChI=1S/C13H8BrClFNO3/c14-9-3-8(4-10(16)5-9)7-20-11-1-2-13(17(18)19)12(15)6-11/h1-6H,7H2. The molecular formula is C13H8BrClFNO3. The van der Waals surface area contributed by atoms with Crippen molar-refractivity contribution in [3.8, 4) is 5.75 Å². The second-order valence-corrected chi connectivity index (χ2v) is 5.26. The van der Waals surface area contributed by atoms with Gasteiger partial charge < -0.3 is 4.74 Å². The zero-order valence-corrected chi connectivity index (χ0v) is 12.3. The first kappa shape index (κ1) is 14.7. The Morgan fingerprint density at radius 3 is 2.65 bits per heavy atom. The number of rotatable bonds is 4. The molecule has 0 saturated carbocycles. The van der Waals surface area contributed by atoms with Crippen LogP contribution < -0.4 is 4.74 Å². The van der Waals surface area contributed by atoms with Gasteiger partial charge in [0.1, 0.15) is 23.2 Å². The molecule has 0 atom stereocenters. The number of halogens is 3. The molecule has 0 N–H and O–H groups in total. The van der Waals surface area contributed by atoms with E-state index >= 15 is 0 Å². The molecule has 0 heterocycles. The molecule has 0 aliphatic rings. The summed E-state index contributed by atoms with van der Waals surface area (Å²) in [5.74, 6) is 0.000639. The van der Waals surface area contributed by atoms with Crippen molar-refractivity contribution in [2.24, 2.45) is 0 Å². The van der Waals surface area contributed by atoms with E-state index in [9.17, 15) is 14.5 Å². The number of ether oxygens (including phenoxy) is 1. The number of nitro groups is 1. The molecule has 20 heavy (non-hydrogen) atoms. The Morgan fingerprint density at radius 2 is 2.05 bits per heavy atom.